The summed E-state index contributed by atoms with van der Waals surface area (Å²) in [4.78, 5) is 2.58. The second-order valence-corrected chi connectivity index (χ2v) is 5.28. The summed E-state index contributed by atoms with van der Waals surface area (Å²) >= 11 is 1.79. The maximum Gasteiger partial charge on any atom is 0.148 e. The first kappa shape index (κ1) is 8.97. The van der Waals surface area contributed by atoms with E-state index in [2.05, 4.69) is 40.6 Å². The Kier molecular flexibility index (Phi) is 2.02. The average Bonchev–Trinajstić information content (AvgIpc) is 2.74. The van der Waals surface area contributed by atoms with Crippen molar-refractivity contribution in [1.82, 2.24) is 10.2 Å². The van der Waals surface area contributed by atoms with E-state index in [-0.39, 0.29) is 0 Å². The molecule has 1 aliphatic carbocycles. The lowest BCUT2D eigenvalue weighted by atomic mass is 10.3. The van der Waals surface area contributed by atoms with E-state index in [0.717, 1.165) is 11.5 Å². The van der Waals surface area contributed by atoms with E-state index in [1.165, 1.54) is 22.6 Å². The van der Waals surface area contributed by atoms with Crippen molar-refractivity contribution >= 4 is 17.2 Å². The predicted octanol–water partition coefficient (Wildman–Crippen LogP) is 3.02. The van der Waals surface area contributed by atoms with Crippen molar-refractivity contribution in [3.8, 4) is 10.6 Å². The Labute approximate surface area is 92.5 Å². The summed E-state index contributed by atoms with van der Waals surface area (Å²) in [5, 5.41) is 10.7. The zero-order valence-electron chi connectivity index (χ0n) is 8.58. The minimum absolute atomic E-state index is 0.659. The Morgan fingerprint density at radius 2 is 2.33 bits per heavy atom. The molecule has 0 saturated heterocycles. The maximum absolute atomic E-state index is 4.25. The fourth-order valence-corrected chi connectivity index (χ4v) is 2.37. The van der Waals surface area contributed by atoms with E-state index in [0.29, 0.717) is 6.04 Å². The highest BCUT2D eigenvalue weighted by molar-refractivity contribution is 7.15. The van der Waals surface area contributed by atoms with Crippen LogP contribution in [0.3, 0.4) is 0 Å². The minimum atomic E-state index is 0.659. The zero-order valence-corrected chi connectivity index (χ0v) is 9.40. The van der Waals surface area contributed by atoms with E-state index in [1.54, 1.807) is 11.3 Å². The summed E-state index contributed by atoms with van der Waals surface area (Å²) < 4.78 is 0. The lowest BCUT2D eigenvalue weighted by molar-refractivity contribution is 1.05. The molecule has 0 bridgehead atoms. The summed E-state index contributed by atoms with van der Waals surface area (Å²) in [5.41, 5.74) is 1.11. The maximum atomic E-state index is 4.25. The van der Waals surface area contributed by atoms with Gasteiger partial charge in [-0.2, -0.15) is 5.10 Å². The number of anilines is 1. The van der Waals surface area contributed by atoms with Gasteiger partial charge in [-0.15, -0.1) is 11.3 Å². The topological polar surface area (TPSA) is 40.7 Å². The van der Waals surface area contributed by atoms with Crippen LogP contribution in [0, 0.1) is 6.92 Å². The molecule has 0 spiro atoms. The number of thiophene rings is 1. The molecule has 3 nitrogen and oxygen atoms in total. The molecule has 0 radical (unpaired) electrons. The molecule has 4 heteroatoms. The third kappa shape index (κ3) is 1.90. The van der Waals surface area contributed by atoms with Crippen molar-refractivity contribution in [1.29, 1.82) is 0 Å². The van der Waals surface area contributed by atoms with Crippen molar-refractivity contribution < 1.29 is 0 Å². The molecule has 78 valence electrons. The SMILES string of the molecule is Cc1ccc(-c2cc(NC3CC3)n[nH]2)s1. The van der Waals surface area contributed by atoms with Gasteiger partial charge < -0.3 is 5.32 Å². The van der Waals surface area contributed by atoms with Crippen molar-refractivity contribution in [3.05, 3.63) is 23.1 Å². The molecule has 2 N–H and O–H groups in total. The van der Waals surface area contributed by atoms with Gasteiger partial charge in [-0.05, 0) is 31.9 Å². The molecule has 0 aliphatic heterocycles. The third-order valence-corrected chi connectivity index (χ3v) is 3.55. The smallest absolute Gasteiger partial charge is 0.148 e. The quantitative estimate of drug-likeness (QED) is 0.833. The molecule has 3 rings (SSSR count). The zero-order chi connectivity index (χ0) is 10.3. The summed E-state index contributed by atoms with van der Waals surface area (Å²) in [5.74, 6) is 0.971. The number of H-pyrrole nitrogens is 1. The second-order valence-electron chi connectivity index (χ2n) is 4.00. The van der Waals surface area contributed by atoms with Gasteiger partial charge in [0, 0.05) is 17.0 Å². The molecule has 1 aliphatic rings. The number of aromatic amines is 1. The molecular formula is C11H13N3S. The largest absolute Gasteiger partial charge is 0.366 e. The minimum Gasteiger partial charge on any atom is -0.366 e. The molecule has 2 heterocycles. The first-order valence-corrected chi connectivity index (χ1v) is 6.02. The first-order chi connectivity index (χ1) is 7.31. The van der Waals surface area contributed by atoms with Crippen LogP contribution in [0.4, 0.5) is 5.82 Å². The van der Waals surface area contributed by atoms with Crippen LogP contribution >= 0.6 is 11.3 Å². The Morgan fingerprint density at radius 1 is 1.47 bits per heavy atom. The summed E-state index contributed by atoms with van der Waals surface area (Å²) in [6.07, 6.45) is 2.56. The highest BCUT2D eigenvalue weighted by atomic mass is 32.1. The van der Waals surface area contributed by atoms with Crippen LogP contribution in [0.15, 0.2) is 18.2 Å². The van der Waals surface area contributed by atoms with Gasteiger partial charge in [0.25, 0.3) is 0 Å². The van der Waals surface area contributed by atoms with Gasteiger partial charge in [0.15, 0.2) is 0 Å². The molecule has 0 unspecified atom stereocenters. The number of aromatic nitrogens is 2. The van der Waals surface area contributed by atoms with Gasteiger partial charge in [0.1, 0.15) is 5.82 Å². The summed E-state index contributed by atoms with van der Waals surface area (Å²) in [6, 6.07) is 7.01. The molecule has 15 heavy (non-hydrogen) atoms. The van der Waals surface area contributed by atoms with E-state index in [4.69, 9.17) is 0 Å². The Balaban J connectivity index is 1.82. The molecule has 1 fully saturated rings. The van der Waals surface area contributed by atoms with Gasteiger partial charge in [0.2, 0.25) is 0 Å². The molecule has 0 atom stereocenters. The van der Waals surface area contributed by atoms with Gasteiger partial charge in [0.05, 0.1) is 10.6 Å². The Bertz CT molecular complexity index is 468. The fraction of sp³-hybridized carbons (Fsp3) is 0.364. The van der Waals surface area contributed by atoms with Crippen LogP contribution in [-0.2, 0) is 0 Å². The van der Waals surface area contributed by atoms with Crippen molar-refractivity contribution in [2.24, 2.45) is 0 Å². The van der Waals surface area contributed by atoms with Gasteiger partial charge in [-0.25, -0.2) is 0 Å². The van der Waals surface area contributed by atoms with Crippen LogP contribution in [0.25, 0.3) is 10.6 Å². The number of rotatable bonds is 3. The number of hydrogen-bond donors (Lipinski definition) is 2. The number of hydrogen-bond acceptors (Lipinski definition) is 3. The molecule has 0 aromatic carbocycles. The summed E-state index contributed by atoms with van der Waals surface area (Å²) in [7, 11) is 0. The monoisotopic (exact) mass is 219 g/mol. The van der Waals surface area contributed by atoms with Gasteiger partial charge >= 0.3 is 0 Å². The third-order valence-electron chi connectivity index (χ3n) is 2.51. The molecule has 2 aromatic heterocycles. The van der Waals surface area contributed by atoms with Gasteiger partial charge in [-0.3, -0.25) is 5.10 Å². The second kappa shape index (κ2) is 3.38. The van der Waals surface area contributed by atoms with Crippen molar-refractivity contribution in [2.45, 2.75) is 25.8 Å². The van der Waals surface area contributed by atoms with Crippen LogP contribution < -0.4 is 5.32 Å². The number of aryl methyl sites for hydroxylation is 1. The van der Waals surface area contributed by atoms with Crippen molar-refractivity contribution in [3.63, 3.8) is 0 Å². The highest BCUT2D eigenvalue weighted by Crippen LogP contribution is 2.29. The van der Waals surface area contributed by atoms with Crippen molar-refractivity contribution in [2.75, 3.05) is 5.32 Å². The number of nitrogens with zero attached hydrogens (tertiary/aromatic N) is 1. The molecule has 2 aromatic rings. The van der Waals surface area contributed by atoms with Crippen LogP contribution in [0.1, 0.15) is 17.7 Å². The average molecular weight is 219 g/mol. The molecule has 0 amide bonds. The highest BCUT2D eigenvalue weighted by Gasteiger charge is 2.21. The van der Waals surface area contributed by atoms with Crippen LogP contribution in [0.5, 0.6) is 0 Å². The predicted molar refractivity (Wildman–Crippen MR) is 63.3 cm³/mol. The van der Waals surface area contributed by atoms with Gasteiger partial charge in [-0.1, -0.05) is 0 Å². The normalized spacial score (nSPS) is 15.5. The first-order valence-electron chi connectivity index (χ1n) is 5.20. The van der Waals surface area contributed by atoms with Crippen LogP contribution in [-0.4, -0.2) is 16.2 Å². The van der Waals surface area contributed by atoms with E-state index < -0.39 is 0 Å². The Hall–Kier alpha value is -1.29. The lowest BCUT2D eigenvalue weighted by Crippen LogP contribution is -2.00. The standard InChI is InChI=1S/C11H13N3S/c1-7-2-5-10(15-7)9-6-11(14-13-9)12-8-3-4-8/h2,5-6,8H,3-4H2,1H3,(H2,12,13,14). The molecule has 1 saturated carbocycles. The van der Waals surface area contributed by atoms with Crippen LogP contribution in [0.2, 0.25) is 0 Å². The Morgan fingerprint density at radius 3 is 3.00 bits per heavy atom. The lowest BCUT2D eigenvalue weighted by Gasteiger charge is -1.95. The number of nitrogens with one attached hydrogen (secondary N) is 2. The fourth-order valence-electron chi connectivity index (χ4n) is 1.54. The summed E-state index contributed by atoms with van der Waals surface area (Å²) in [6.45, 7) is 2.12. The van der Waals surface area contributed by atoms with E-state index in [1.807, 2.05) is 0 Å². The molecular weight excluding hydrogens is 206 g/mol. The van der Waals surface area contributed by atoms with E-state index in [9.17, 15) is 0 Å². The van der Waals surface area contributed by atoms with E-state index >= 15 is 0 Å².